The zero-order valence-electron chi connectivity index (χ0n) is 14.6. The van der Waals surface area contributed by atoms with Gasteiger partial charge in [0.1, 0.15) is 5.69 Å². The van der Waals surface area contributed by atoms with E-state index in [2.05, 4.69) is 4.98 Å². The Bertz CT molecular complexity index is 823. The van der Waals surface area contributed by atoms with E-state index in [0.717, 1.165) is 10.9 Å². The van der Waals surface area contributed by atoms with E-state index in [1.165, 1.54) is 7.11 Å². The quantitative estimate of drug-likeness (QED) is 0.839. The van der Waals surface area contributed by atoms with Crippen LogP contribution in [0.15, 0.2) is 36.4 Å². The van der Waals surface area contributed by atoms with E-state index in [9.17, 15) is 13.6 Å². The lowest BCUT2D eigenvalue weighted by Crippen LogP contribution is -2.62. The van der Waals surface area contributed by atoms with Crippen LogP contribution >= 0.6 is 0 Å². The summed E-state index contributed by atoms with van der Waals surface area (Å²) in [4.78, 5) is 20.5. The molecule has 7 heteroatoms. The van der Waals surface area contributed by atoms with Crippen LogP contribution in [-0.4, -0.2) is 72.0 Å². The number of carbonyl (C=O) groups is 1. The molecule has 1 aromatic heterocycles. The Morgan fingerprint density at radius 1 is 1.27 bits per heavy atom. The van der Waals surface area contributed by atoms with Crippen LogP contribution in [0.2, 0.25) is 0 Å². The number of ether oxygens (including phenoxy) is 1. The van der Waals surface area contributed by atoms with Crippen molar-refractivity contribution >= 4 is 16.8 Å². The Balaban J connectivity index is 1.42. The number of hydrogen-bond donors (Lipinski definition) is 0. The molecule has 0 bridgehead atoms. The van der Waals surface area contributed by atoms with Gasteiger partial charge in [0.25, 0.3) is 11.8 Å². The molecule has 5 nitrogen and oxygen atoms in total. The summed E-state index contributed by atoms with van der Waals surface area (Å²) in [5.74, 6) is -2.84. The Kier molecular flexibility index (Phi) is 4.36. The minimum atomic E-state index is -2.69. The number of fused-ring (bicyclic) bond motifs is 1. The molecular formula is C19H21F2N3O2. The predicted octanol–water partition coefficient (Wildman–Crippen LogP) is 2.42. The zero-order valence-corrected chi connectivity index (χ0v) is 14.6. The van der Waals surface area contributed by atoms with Crippen LogP contribution in [0.3, 0.4) is 0 Å². The topological polar surface area (TPSA) is 45.7 Å². The third kappa shape index (κ3) is 3.17. The first-order valence-electron chi connectivity index (χ1n) is 8.74. The minimum absolute atomic E-state index is 0.0482. The van der Waals surface area contributed by atoms with Crippen LogP contribution in [0.5, 0.6) is 0 Å². The van der Waals surface area contributed by atoms with E-state index < -0.39 is 5.92 Å². The van der Waals surface area contributed by atoms with Crippen LogP contribution in [0, 0.1) is 0 Å². The maximum atomic E-state index is 13.8. The van der Waals surface area contributed by atoms with E-state index in [0.29, 0.717) is 18.8 Å². The number of halogens is 2. The Morgan fingerprint density at radius 3 is 2.81 bits per heavy atom. The second-order valence-corrected chi connectivity index (χ2v) is 7.09. The van der Waals surface area contributed by atoms with Gasteiger partial charge >= 0.3 is 0 Å². The summed E-state index contributed by atoms with van der Waals surface area (Å²) in [7, 11) is 1.52. The van der Waals surface area contributed by atoms with Crippen molar-refractivity contribution in [1.82, 2.24) is 14.8 Å². The second kappa shape index (κ2) is 6.55. The molecule has 2 aliphatic heterocycles. The van der Waals surface area contributed by atoms with Gasteiger partial charge in [-0.05, 0) is 12.1 Å². The molecule has 4 rings (SSSR count). The number of methoxy groups -OCH3 is 1. The summed E-state index contributed by atoms with van der Waals surface area (Å²) in [5, 5.41) is 0.979. The van der Waals surface area contributed by atoms with Crippen molar-refractivity contribution in [3.8, 4) is 0 Å². The molecule has 1 unspecified atom stereocenters. The highest BCUT2D eigenvalue weighted by Crippen LogP contribution is 2.35. The Morgan fingerprint density at radius 2 is 2.04 bits per heavy atom. The van der Waals surface area contributed by atoms with Gasteiger partial charge in [0.2, 0.25) is 0 Å². The first-order chi connectivity index (χ1) is 12.5. The number of carbonyl (C=O) groups excluding carboxylic acids is 1. The molecule has 138 valence electrons. The van der Waals surface area contributed by atoms with E-state index in [1.807, 2.05) is 30.3 Å². The fourth-order valence-corrected chi connectivity index (χ4v) is 3.88. The molecular weight excluding hydrogens is 340 g/mol. The molecule has 2 aromatic rings. The number of alkyl halides is 2. The summed E-state index contributed by atoms with van der Waals surface area (Å²) >= 11 is 0. The van der Waals surface area contributed by atoms with Crippen LogP contribution in [-0.2, 0) is 4.74 Å². The summed E-state index contributed by atoms with van der Waals surface area (Å²) in [5.41, 5.74) is 1.16. The molecule has 1 atom stereocenters. The number of likely N-dealkylation sites (tertiary alicyclic amines) is 2. The lowest BCUT2D eigenvalue weighted by molar-refractivity contribution is -0.0137. The van der Waals surface area contributed by atoms with Crippen molar-refractivity contribution in [2.75, 3.05) is 33.4 Å². The molecule has 0 aliphatic carbocycles. The first kappa shape index (κ1) is 17.3. The van der Waals surface area contributed by atoms with Crippen molar-refractivity contribution in [3.63, 3.8) is 0 Å². The highest BCUT2D eigenvalue weighted by molar-refractivity contribution is 5.95. The van der Waals surface area contributed by atoms with Crippen molar-refractivity contribution in [2.45, 2.75) is 24.4 Å². The molecule has 0 N–H and O–H groups in total. The average molecular weight is 361 g/mol. The van der Waals surface area contributed by atoms with E-state index in [1.54, 1.807) is 15.9 Å². The van der Waals surface area contributed by atoms with Crippen molar-refractivity contribution in [2.24, 2.45) is 0 Å². The third-order valence-corrected chi connectivity index (χ3v) is 5.21. The number of para-hydroxylation sites is 1. The minimum Gasteiger partial charge on any atom is -0.383 e. The van der Waals surface area contributed by atoms with Gasteiger partial charge in [-0.25, -0.2) is 13.8 Å². The van der Waals surface area contributed by atoms with Gasteiger partial charge in [-0.3, -0.25) is 9.69 Å². The summed E-state index contributed by atoms with van der Waals surface area (Å²) < 4.78 is 32.6. The molecule has 2 saturated heterocycles. The molecule has 0 saturated carbocycles. The highest BCUT2D eigenvalue weighted by atomic mass is 19.3. The van der Waals surface area contributed by atoms with Gasteiger partial charge in [0, 0.05) is 44.1 Å². The number of amides is 1. The number of pyridine rings is 1. The summed E-state index contributed by atoms with van der Waals surface area (Å²) in [6.45, 7) is 0.918. The smallest absolute Gasteiger partial charge is 0.272 e. The number of hydrogen-bond acceptors (Lipinski definition) is 4. The predicted molar refractivity (Wildman–Crippen MR) is 93.4 cm³/mol. The molecule has 2 aliphatic rings. The lowest BCUT2D eigenvalue weighted by Gasteiger charge is -2.45. The first-order valence-corrected chi connectivity index (χ1v) is 8.74. The maximum Gasteiger partial charge on any atom is 0.272 e. The van der Waals surface area contributed by atoms with E-state index in [-0.39, 0.29) is 37.6 Å². The van der Waals surface area contributed by atoms with Crippen molar-refractivity contribution in [3.05, 3.63) is 42.1 Å². The average Bonchev–Trinajstić information content (AvgIpc) is 2.87. The molecule has 3 heterocycles. The maximum absolute atomic E-state index is 13.8. The Hall–Kier alpha value is -2.12. The van der Waals surface area contributed by atoms with Crippen molar-refractivity contribution in [1.29, 1.82) is 0 Å². The van der Waals surface area contributed by atoms with Crippen molar-refractivity contribution < 1.29 is 18.3 Å². The van der Waals surface area contributed by atoms with Crippen LogP contribution < -0.4 is 0 Å². The molecule has 26 heavy (non-hydrogen) atoms. The van der Waals surface area contributed by atoms with Crippen LogP contribution in [0.4, 0.5) is 8.78 Å². The molecule has 1 amide bonds. The normalized spacial score (nSPS) is 23.3. The second-order valence-electron chi connectivity index (χ2n) is 7.09. The summed E-state index contributed by atoms with van der Waals surface area (Å²) in [6.07, 6.45) is -0.183. The number of aromatic nitrogens is 1. The van der Waals surface area contributed by atoms with Gasteiger partial charge in [-0.15, -0.1) is 0 Å². The number of rotatable bonds is 4. The molecule has 2 fully saturated rings. The fourth-order valence-electron chi connectivity index (χ4n) is 3.88. The number of benzene rings is 1. The van der Waals surface area contributed by atoms with Gasteiger partial charge in [0.15, 0.2) is 0 Å². The van der Waals surface area contributed by atoms with Gasteiger partial charge in [0.05, 0.1) is 18.7 Å². The number of nitrogens with zero attached hydrogens (tertiary/aromatic N) is 3. The highest BCUT2D eigenvalue weighted by Gasteiger charge is 2.50. The monoisotopic (exact) mass is 361 g/mol. The van der Waals surface area contributed by atoms with Crippen LogP contribution in [0.1, 0.15) is 16.9 Å². The zero-order chi connectivity index (χ0) is 18.3. The molecule has 0 spiro atoms. The fraction of sp³-hybridized carbons (Fsp3) is 0.474. The Labute approximate surface area is 150 Å². The van der Waals surface area contributed by atoms with Gasteiger partial charge in [-0.2, -0.15) is 0 Å². The lowest BCUT2D eigenvalue weighted by atomic mass is 10.0. The SMILES string of the molecule is COCC1CC(F)(F)CN1C1CN(C(=O)c2ccc3ccccc3n2)C1. The van der Waals surface area contributed by atoms with Gasteiger partial charge in [-0.1, -0.05) is 24.3 Å². The van der Waals surface area contributed by atoms with Crippen LogP contribution in [0.25, 0.3) is 10.9 Å². The third-order valence-electron chi connectivity index (χ3n) is 5.21. The molecule has 1 aromatic carbocycles. The van der Waals surface area contributed by atoms with E-state index in [4.69, 9.17) is 4.74 Å². The molecule has 0 radical (unpaired) electrons. The van der Waals surface area contributed by atoms with E-state index >= 15 is 0 Å². The summed E-state index contributed by atoms with van der Waals surface area (Å²) in [6, 6.07) is 10.9. The standard InChI is InChI=1S/C19H21F2N3O2/c1-26-11-14-8-19(20,21)12-24(14)15-9-23(10-15)18(25)17-7-6-13-4-2-3-5-16(13)22-17/h2-7,14-15H,8-12H2,1H3. The largest absolute Gasteiger partial charge is 0.383 e. The van der Waals surface area contributed by atoms with Gasteiger partial charge < -0.3 is 9.64 Å².